The highest BCUT2D eigenvalue weighted by Crippen LogP contribution is 2.32. The number of nitrogens with one attached hydrogen (secondary N) is 1. The zero-order valence-corrected chi connectivity index (χ0v) is 12.6. The molecule has 2 aromatic rings. The van der Waals surface area contributed by atoms with Crippen LogP contribution in [0.25, 0.3) is 0 Å². The lowest BCUT2D eigenvalue weighted by Crippen LogP contribution is -2.30. The van der Waals surface area contributed by atoms with Gasteiger partial charge in [-0.15, -0.1) is 0 Å². The summed E-state index contributed by atoms with van der Waals surface area (Å²) in [6.45, 7) is 5.69. The molecule has 0 fully saturated rings. The minimum Gasteiger partial charge on any atom is -0.271 e. The maximum absolute atomic E-state index is 14.3. The van der Waals surface area contributed by atoms with Crippen molar-refractivity contribution in [1.82, 2.24) is 5.43 Å². The van der Waals surface area contributed by atoms with Gasteiger partial charge < -0.3 is 0 Å². The van der Waals surface area contributed by atoms with Crippen LogP contribution in [-0.4, -0.2) is 0 Å². The summed E-state index contributed by atoms with van der Waals surface area (Å²) in [5, 5.41) is 0.576. The third-order valence-corrected chi connectivity index (χ3v) is 3.73. The molecule has 1 unspecified atom stereocenters. The second-order valence-electron chi connectivity index (χ2n) is 5.10. The third-order valence-electron chi connectivity index (χ3n) is 3.40. The average Bonchev–Trinajstić information content (AvgIpc) is 2.34. The van der Waals surface area contributed by atoms with Gasteiger partial charge in [0.1, 0.15) is 5.82 Å². The van der Waals surface area contributed by atoms with Gasteiger partial charge in [-0.25, -0.2) is 9.82 Å². The number of nitrogens with two attached hydrogens (primary N) is 1. The first kappa shape index (κ1) is 15.0. The Morgan fingerprint density at radius 3 is 2.35 bits per heavy atom. The fourth-order valence-electron chi connectivity index (χ4n) is 2.49. The predicted octanol–water partition coefficient (Wildman–Crippen LogP) is 3.96. The topological polar surface area (TPSA) is 38.0 Å². The number of hydrazine groups is 1. The maximum Gasteiger partial charge on any atom is 0.128 e. The highest BCUT2D eigenvalue weighted by Gasteiger charge is 2.21. The van der Waals surface area contributed by atoms with Gasteiger partial charge >= 0.3 is 0 Å². The van der Waals surface area contributed by atoms with Crippen molar-refractivity contribution < 1.29 is 4.39 Å². The second kappa shape index (κ2) is 5.92. The standard InChI is InChI=1S/C16H18ClFN2/c1-9-4-5-12(13(17)7-9)16(20-19)15-11(3)6-10(2)8-14(15)18/h4-8,16,20H,19H2,1-3H3. The largest absolute Gasteiger partial charge is 0.271 e. The Bertz CT molecular complexity index is 617. The Kier molecular flexibility index (Phi) is 4.43. The van der Waals surface area contributed by atoms with Crippen molar-refractivity contribution in [1.29, 1.82) is 0 Å². The molecular weight excluding hydrogens is 275 g/mol. The summed E-state index contributed by atoms with van der Waals surface area (Å²) in [5.74, 6) is 5.37. The molecule has 2 rings (SSSR count). The molecule has 2 aromatic carbocycles. The smallest absolute Gasteiger partial charge is 0.128 e. The zero-order chi connectivity index (χ0) is 14.9. The van der Waals surface area contributed by atoms with Gasteiger partial charge in [0, 0.05) is 10.6 Å². The van der Waals surface area contributed by atoms with Crippen LogP contribution < -0.4 is 11.3 Å². The molecule has 4 heteroatoms. The van der Waals surface area contributed by atoms with Crippen LogP contribution in [0.2, 0.25) is 5.02 Å². The molecule has 0 radical (unpaired) electrons. The van der Waals surface area contributed by atoms with Crippen molar-refractivity contribution in [2.75, 3.05) is 0 Å². The van der Waals surface area contributed by atoms with Crippen LogP contribution in [0.1, 0.15) is 33.9 Å². The summed E-state index contributed by atoms with van der Waals surface area (Å²) in [6.07, 6.45) is 0. The lowest BCUT2D eigenvalue weighted by molar-refractivity contribution is 0.556. The molecule has 0 aliphatic heterocycles. The minimum atomic E-state index is -0.469. The Hall–Kier alpha value is -1.42. The molecule has 0 saturated carbocycles. The van der Waals surface area contributed by atoms with E-state index in [9.17, 15) is 4.39 Å². The van der Waals surface area contributed by atoms with Crippen molar-refractivity contribution in [3.05, 3.63) is 69.0 Å². The normalized spacial score (nSPS) is 12.5. The van der Waals surface area contributed by atoms with Crippen molar-refractivity contribution >= 4 is 11.6 Å². The van der Waals surface area contributed by atoms with Crippen LogP contribution in [0.3, 0.4) is 0 Å². The molecule has 0 heterocycles. The molecular formula is C16H18ClFN2. The molecule has 0 spiro atoms. The van der Waals surface area contributed by atoms with Crippen LogP contribution in [0.5, 0.6) is 0 Å². The SMILES string of the molecule is Cc1cc(C)c(C(NN)c2ccc(C)cc2Cl)c(F)c1. The summed E-state index contributed by atoms with van der Waals surface area (Å²) in [6, 6.07) is 8.64. The van der Waals surface area contributed by atoms with Crippen LogP contribution in [0.4, 0.5) is 4.39 Å². The van der Waals surface area contributed by atoms with Crippen LogP contribution in [-0.2, 0) is 0 Å². The highest BCUT2D eigenvalue weighted by molar-refractivity contribution is 6.31. The Morgan fingerprint density at radius 2 is 1.80 bits per heavy atom. The van der Waals surface area contributed by atoms with Crippen LogP contribution >= 0.6 is 11.6 Å². The van der Waals surface area contributed by atoms with Gasteiger partial charge in [-0.1, -0.05) is 29.8 Å². The number of hydrogen-bond donors (Lipinski definition) is 2. The zero-order valence-electron chi connectivity index (χ0n) is 11.8. The lowest BCUT2D eigenvalue weighted by atomic mass is 9.93. The van der Waals surface area contributed by atoms with E-state index in [1.54, 1.807) is 0 Å². The maximum atomic E-state index is 14.3. The van der Waals surface area contributed by atoms with Gasteiger partial charge in [-0.2, -0.15) is 0 Å². The van der Waals surface area contributed by atoms with E-state index in [-0.39, 0.29) is 5.82 Å². The van der Waals surface area contributed by atoms with E-state index in [1.165, 1.54) is 6.07 Å². The first-order valence-electron chi connectivity index (χ1n) is 6.43. The van der Waals surface area contributed by atoms with E-state index < -0.39 is 6.04 Å². The predicted molar refractivity (Wildman–Crippen MR) is 81.2 cm³/mol. The van der Waals surface area contributed by atoms with E-state index in [0.29, 0.717) is 10.6 Å². The fraction of sp³-hybridized carbons (Fsp3) is 0.250. The Labute approximate surface area is 123 Å². The van der Waals surface area contributed by atoms with Gasteiger partial charge in [0.05, 0.1) is 6.04 Å². The molecule has 0 saturated heterocycles. The number of benzene rings is 2. The summed E-state index contributed by atoms with van der Waals surface area (Å²) >= 11 is 6.27. The molecule has 0 aliphatic rings. The summed E-state index contributed by atoms with van der Waals surface area (Å²) < 4.78 is 14.3. The molecule has 0 aliphatic carbocycles. The summed E-state index contributed by atoms with van der Waals surface area (Å²) in [7, 11) is 0. The number of halogens is 2. The third kappa shape index (κ3) is 2.85. The van der Waals surface area contributed by atoms with E-state index in [4.69, 9.17) is 17.4 Å². The molecule has 20 heavy (non-hydrogen) atoms. The highest BCUT2D eigenvalue weighted by atomic mass is 35.5. The minimum absolute atomic E-state index is 0.276. The van der Waals surface area contributed by atoms with Gasteiger partial charge in [0.2, 0.25) is 0 Å². The molecule has 0 bridgehead atoms. The summed E-state index contributed by atoms with van der Waals surface area (Å²) in [5.41, 5.74) is 6.76. The van der Waals surface area contributed by atoms with E-state index in [0.717, 1.165) is 22.3 Å². The molecule has 0 amide bonds. The number of rotatable bonds is 3. The van der Waals surface area contributed by atoms with Crippen molar-refractivity contribution in [3.63, 3.8) is 0 Å². The van der Waals surface area contributed by atoms with E-state index >= 15 is 0 Å². The quantitative estimate of drug-likeness (QED) is 0.664. The Balaban J connectivity index is 2.58. The van der Waals surface area contributed by atoms with Crippen molar-refractivity contribution in [2.45, 2.75) is 26.8 Å². The molecule has 3 N–H and O–H groups in total. The second-order valence-corrected chi connectivity index (χ2v) is 5.51. The fourth-order valence-corrected chi connectivity index (χ4v) is 2.83. The van der Waals surface area contributed by atoms with Crippen LogP contribution in [0, 0.1) is 26.6 Å². The Morgan fingerprint density at radius 1 is 1.10 bits per heavy atom. The average molecular weight is 293 g/mol. The van der Waals surface area contributed by atoms with Crippen molar-refractivity contribution in [2.24, 2.45) is 5.84 Å². The van der Waals surface area contributed by atoms with E-state index in [1.807, 2.05) is 45.0 Å². The lowest BCUT2D eigenvalue weighted by Gasteiger charge is -2.21. The van der Waals surface area contributed by atoms with Gasteiger partial charge in [-0.05, 0) is 55.2 Å². The van der Waals surface area contributed by atoms with Gasteiger partial charge in [-0.3, -0.25) is 5.84 Å². The van der Waals surface area contributed by atoms with Crippen LogP contribution in [0.15, 0.2) is 30.3 Å². The number of hydrogen-bond acceptors (Lipinski definition) is 2. The number of aryl methyl sites for hydroxylation is 3. The van der Waals surface area contributed by atoms with E-state index in [2.05, 4.69) is 5.43 Å². The molecule has 0 aromatic heterocycles. The summed E-state index contributed by atoms with van der Waals surface area (Å²) in [4.78, 5) is 0. The molecule has 1 atom stereocenters. The molecule has 2 nitrogen and oxygen atoms in total. The van der Waals surface area contributed by atoms with Gasteiger partial charge in [0.25, 0.3) is 0 Å². The monoisotopic (exact) mass is 292 g/mol. The van der Waals surface area contributed by atoms with Crippen molar-refractivity contribution in [3.8, 4) is 0 Å². The first-order valence-corrected chi connectivity index (χ1v) is 6.80. The molecule has 106 valence electrons. The van der Waals surface area contributed by atoms with Gasteiger partial charge in [0.15, 0.2) is 0 Å². The first-order chi connectivity index (χ1) is 9.43.